The molecule has 1 aliphatic heterocycles. The maximum absolute atomic E-state index is 13.1. The average molecular weight is 389 g/mol. The highest BCUT2D eigenvalue weighted by molar-refractivity contribution is 5.97. The fourth-order valence-electron chi connectivity index (χ4n) is 4.98. The summed E-state index contributed by atoms with van der Waals surface area (Å²) in [5.74, 6) is 1.06. The number of hydrogen-bond acceptors (Lipinski definition) is 3. The van der Waals surface area contributed by atoms with Crippen LogP contribution in [-0.4, -0.2) is 57.5 Å². The monoisotopic (exact) mass is 388 g/mol. The molecule has 29 heavy (non-hydrogen) atoms. The van der Waals surface area contributed by atoms with E-state index in [-0.39, 0.29) is 5.91 Å². The summed E-state index contributed by atoms with van der Waals surface area (Å²) in [6.07, 6.45) is 5.37. The van der Waals surface area contributed by atoms with Gasteiger partial charge in [-0.1, -0.05) is 31.0 Å². The summed E-state index contributed by atoms with van der Waals surface area (Å²) in [6, 6.07) is 16.9. The predicted molar refractivity (Wildman–Crippen MR) is 116 cm³/mol. The van der Waals surface area contributed by atoms with Crippen molar-refractivity contribution in [3.63, 3.8) is 0 Å². The van der Waals surface area contributed by atoms with Gasteiger partial charge in [-0.2, -0.15) is 0 Å². The summed E-state index contributed by atoms with van der Waals surface area (Å²) in [5.41, 5.74) is 3.75. The molecule has 0 spiro atoms. The molecular formula is C24H28N4O. The number of nitrogens with zero attached hydrogens (tertiary/aromatic N) is 4. The normalized spacial score (nSPS) is 18.6. The molecule has 0 unspecified atom stereocenters. The molecule has 1 saturated heterocycles. The van der Waals surface area contributed by atoms with E-state index in [9.17, 15) is 4.79 Å². The van der Waals surface area contributed by atoms with Crippen molar-refractivity contribution in [2.24, 2.45) is 0 Å². The lowest BCUT2D eigenvalue weighted by Crippen LogP contribution is -2.51. The van der Waals surface area contributed by atoms with Crippen LogP contribution in [0.1, 0.15) is 41.9 Å². The molecule has 1 amide bonds. The Morgan fingerprint density at radius 2 is 1.69 bits per heavy atom. The average Bonchev–Trinajstić information content (AvgIpc) is 3.41. The first-order valence-corrected chi connectivity index (χ1v) is 10.8. The number of imidazole rings is 1. The van der Waals surface area contributed by atoms with Crippen molar-refractivity contribution in [2.45, 2.75) is 38.6 Å². The molecule has 5 rings (SSSR count). The number of hydrogen-bond donors (Lipinski definition) is 0. The van der Waals surface area contributed by atoms with Crippen molar-refractivity contribution in [3.05, 3.63) is 59.9 Å². The van der Waals surface area contributed by atoms with Gasteiger partial charge in [0.2, 0.25) is 0 Å². The van der Waals surface area contributed by atoms with Crippen LogP contribution in [0.3, 0.4) is 0 Å². The van der Waals surface area contributed by atoms with Crippen molar-refractivity contribution in [1.82, 2.24) is 19.4 Å². The number of benzene rings is 2. The number of carbonyl (C=O) groups is 1. The van der Waals surface area contributed by atoms with Gasteiger partial charge in [0.05, 0.1) is 11.0 Å². The zero-order valence-corrected chi connectivity index (χ0v) is 17.1. The number of aryl methyl sites for hydroxylation is 1. The highest BCUT2D eigenvalue weighted by atomic mass is 16.2. The van der Waals surface area contributed by atoms with E-state index in [4.69, 9.17) is 4.98 Å². The van der Waals surface area contributed by atoms with Gasteiger partial charge in [-0.15, -0.1) is 0 Å². The number of piperazine rings is 1. The Morgan fingerprint density at radius 1 is 0.966 bits per heavy atom. The first-order valence-electron chi connectivity index (χ1n) is 10.8. The number of fused-ring (bicyclic) bond motifs is 1. The van der Waals surface area contributed by atoms with Crippen LogP contribution in [0.2, 0.25) is 0 Å². The molecule has 5 heteroatoms. The van der Waals surface area contributed by atoms with Crippen LogP contribution in [0.4, 0.5) is 0 Å². The minimum Gasteiger partial charge on any atom is -0.336 e. The lowest BCUT2D eigenvalue weighted by Gasteiger charge is -2.38. The summed E-state index contributed by atoms with van der Waals surface area (Å²) >= 11 is 0. The molecule has 150 valence electrons. The van der Waals surface area contributed by atoms with Crippen LogP contribution in [-0.2, 0) is 0 Å². The molecule has 0 radical (unpaired) electrons. The third kappa shape index (κ3) is 3.44. The minimum absolute atomic E-state index is 0.130. The Kier molecular flexibility index (Phi) is 4.84. The van der Waals surface area contributed by atoms with E-state index in [1.54, 1.807) is 0 Å². The number of aromatic nitrogens is 2. The number of rotatable bonds is 3. The van der Waals surface area contributed by atoms with Gasteiger partial charge in [0.15, 0.2) is 0 Å². The first-order chi connectivity index (χ1) is 14.2. The number of amides is 1. The molecule has 5 nitrogen and oxygen atoms in total. The van der Waals surface area contributed by atoms with Crippen molar-refractivity contribution in [3.8, 4) is 5.69 Å². The molecule has 2 aromatic carbocycles. The first kappa shape index (κ1) is 18.4. The van der Waals surface area contributed by atoms with Crippen molar-refractivity contribution in [1.29, 1.82) is 0 Å². The maximum atomic E-state index is 13.1. The fourth-order valence-corrected chi connectivity index (χ4v) is 4.98. The van der Waals surface area contributed by atoms with Gasteiger partial charge in [0.1, 0.15) is 5.82 Å². The molecule has 0 bridgehead atoms. The van der Waals surface area contributed by atoms with Crippen molar-refractivity contribution >= 4 is 16.9 Å². The topological polar surface area (TPSA) is 41.4 Å². The Hall–Kier alpha value is -2.66. The van der Waals surface area contributed by atoms with Gasteiger partial charge in [-0.3, -0.25) is 14.3 Å². The SMILES string of the molecule is Cc1nc2cc(C(=O)N3CCN(C4CCCC4)CC3)ccc2n1-c1ccccc1. The third-order valence-electron chi connectivity index (χ3n) is 6.53. The van der Waals surface area contributed by atoms with E-state index in [1.807, 2.05) is 48.2 Å². The van der Waals surface area contributed by atoms with E-state index in [1.165, 1.54) is 25.7 Å². The van der Waals surface area contributed by atoms with Gasteiger partial charge in [-0.25, -0.2) is 4.98 Å². The van der Waals surface area contributed by atoms with E-state index in [0.717, 1.165) is 60.3 Å². The van der Waals surface area contributed by atoms with Crippen LogP contribution in [0.15, 0.2) is 48.5 Å². The summed E-state index contributed by atoms with van der Waals surface area (Å²) in [6.45, 7) is 5.66. The van der Waals surface area contributed by atoms with E-state index in [2.05, 4.69) is 21.6 Å². The second-order valence-electron chi connectivity index (χ2n) is 8.30. The van der Waals surface area contributed by atoms with Gasteiger partial charge in [0, 0.05) is 43.5 Å². The zero-order chi connectivity index (χ0) is 19.8. The quantitative estimate of drug-likeness (QED) is 0.680. The third-order valence-corrected chi connectivity index (χ3v) is 6.53. The Bertz CT molecular complexity index is 1010. The molecule has 2 aliphatic rings. The Labute approximate surface area is 171 Å². The van der Waals surface area contributed by atoms with Crippen LogP contribution in [0.25, 0.3) is 16.7 Å². The largest absolute Gasteiger partial charge is 0.336 e. The van der Waals surface area contributed by atoms with Gasteiger partial charge < -0.3 is 4.90 Å². The summed E-state index contributed by atoms with van der Waals surface area (Å²) in [5, 5.41) is 0. The smallest absolute Gasteiger partial charge is 0.254 e. The molecular weight excluding hydrogens is 360 g/mol. The standard InChI is InChI=1S/C24H28N4O/c1-18-25-22-17-19(11-12-23(22)28(18)21-9-3-2-4-10-21)24(29)27-15-13-26(14-16-27)20-7-5-6-8-20/h2-4,9-12,17,20H,5-8,13-16H2,1H3. The van der Waals surface area contributed by atoms with Gasteiger partial charge in [0.25, 0.3) is 5.91 Å². The summed E-state index contributed by atoms with van der Waals surface area (Å²) in [7, 11) is 0. The summed E-state index contributed by atoms with van der Waals surface area (Å²) in [4.78, 5) is 22.4. The lowest BCUT2D eigenvalue weighted by molar-refractivity contribution is 0.0573. The highest BCUT2D eigenvalue weighted by Crippen LogP contribution is 2.26. The molecule has 0 atom stereocenters. The van der Waals surface area contributed by atoms with Crippen LogP contribution in [0.5, 0.6) is 0 Å². The van der Waals surface area contributed by atoms with E-state index in [0.29, 0.717) is 0 Å². The van der Waals surface area contributed by atoms with Crippen molar-refractivity contribution in [2.75, 3.05) is 26.2 Å². The van der Waals surface area contributed by atoms with Gasteiger partial charge >= 0.3 is 0 Å². The number of para-hydroxylation sites is 1. The van der Waals surface area contributed by atoms with Crippen LogP contribution in [0, 0.1) is 6.92 Å². The molecule has 1 aromatic heterocycles. The van der Waals surface area contributed by atoms with E-state index >= 15 is 0 Å². The Balaban J connectivity index is 1.35. The maximum Gasteiger partial charge on any atom is 0.254 e. The molecule has 1 saturated carbocycles. The summed E-state index contributed by atoms with van der Waals surface area (Å²) < 4.78 is 2.14. The van der Waals surface area contributed by atoms with Gasteiger partial charge in [-0.05, 0) is 50.1 Å². The van der Waals surface area contributed by atoms with E-state index < -0.39 is 0 Å². The molecule has 0 N–H and O–H groups in total. The molecule has 1 aliphatic carbocycles. The predicted octanol–water partition coefficient (Wildman–Crippen LogP) is 4.03. The molecule has 2 heterocycles. The minimum atomic E-state index is 0.130. The highest BCUT2D eigenvalue weighted by Gasteiger charge is 2.28. The lowest BCUT2D eigenvalue weighted by atomic mass is 10.1. The number of carbonyl (C=O) groups excluding carboxylic acids is 1. The molecule has 2 fully saturated rings. The van der Waals surface area contributed by atoms with Crippen molar-refractivity contribution < 1.29 is 4.79 Å². The Morgan fingerprint density at radius 3 is 2.41 bits per heavy atom. The van der Waals surface area contributed by atoms with Crippen LogP contribution < -0.4 is 0 Å². The molecule has 3 aromatic rings. The fraction of sp³-hybridized carbons (Fsp3) is 0.417. The zero-order valence-electron chi connectivity index (χ0n) is 17.1. The van der Waals surface area contributed by atoms with Crippen LogP contribution >= 0.6 is 0 Å². The second kappa shape index (κ2) is 7.64. The second-order valence-corrected chi connectivity index (χ2v) is 8.30.